The van der Waals surface area contributed by atoms with Crippen molar-refractivity contribution in [2.75, 3.05) is 12.8 Å². The molecule has 0 radical (unpaired) electrons. The summed E-state index contributed by atoms with van der Waals surface area (Å²) in [6.45, 7) is 0. The van der Waals surface area contributed by atoms with Crippen molar-refractivity contribution >= 4 is 5.82 Å². The Labute approximate surface area is 95.0 Å². The third-order valence-corrected chi connectivity index (χ3v) is 2.86. The summed E-state index contributed by atoms with van der Waals surface area (Å²) in [4.78, 5) is 7.86. The minimum absolute atomic E-state index is 0.174. The number of methoxy groups -OCH3 is 1. The summed E-state index contributed by atoms with van der Waals surface area (Å²) in [6, 6.07) is 1.65. The number of ether oxygens (including phenoxy) is 2. The van der Waals surface area contributed by atoms with Crippen LogP contribution in [0.4, 0.5) is 5.82 Å². The van der Waals surface area contributed by atoms with E-state index in [0.29, 0.717) is 17.8 Å². The van der Waals surface area contributed by atoms with Crippen LogP contribution >= 0.6 is 0 Å². The number of nitrogens with zero attached hydrogens (tertiary/aromatic N) is 2. The molecule has 1 fully saturated rings. The van der Waals surface area contributed by atoms with Gasteiger partial charge in [-0.05, 0) is 19.3 Å². The monoisotopic (exact) mass is 223 g/mol. The van der Waals surface area contributed by atoms with Crippen LogP contribution in [0.1, 0.15) is 25.7 Å². The van der Waals surface area contributed by atoms with E-state index in [9.17, 15) is 0 Å². The molecule has 2 rings (SSSR count). The van der Waals surface area contributed by atoms with E-state index < -0.39 is 0 Å². The average molecular weight is 223 g/mol. The SMILES string of the molecule is COC1CCCC(Oc2cc(N)ncn2)C1. The zero-order valence-electron chi connectivity index (χ0n) is 9.43. The van der Waals surface area contributed by atoms with Crippen LogP contribution in [0.3, 0.4) is 0 Å². The number of nitrogen functional groups attached to an aromatic ring is 1. The largest absolute Gasteiger partial charge is 0.474 e. The third kappa shape index (κ3) is 2.82. The normalized spacial score (nSPS) is 25.3. The molecule has 5 heteroatoms. The topological polar surface area (TPSA) is 70.3 Å². The second kappa shape index (κ2) is 5.12. The first-order valence-electron chi connectivity index (χ1n) is 5.55. The first-order chi connectivity index (χ1) is 7.78. The summed E-state index contributed by atoms with van der Waals surface area (Å²) in [7, 11) is 1.75. The summed E-state index contributed by atoms with van der Waals surface area (Å²) < 4.78 is 11.1. The Bertz CT molecular complexity index is 346. The van der Waals surface area contributed by atoms with Crippen LogP contribution in [-0.2, 0) is 4.74 Å². The number of hydrogen-bond donors (Lipinski definition) is 1. The molecule has 1 aromatic rings. The standard InChI is InChI=1S/C11H17N3O2/c1-15-8-3-2-4-9(5-8)16-11-6-10(12)13-7-14-11/h6-9H,2-5H2,1H3,(H2,12,13,14). The highest BCUT2D eigenvalue weighted by atomic mass is 16.5. The molecule has 0 aromatic carbocycles. The lowest BCUT2D eigenvalue weighted by molar-refractivity contribution is 0.0195. The maximum Gasteiger partial charge on any atom is 0.218 e. The van der Waals surface area contributed by atoms with Crippen LogP contribution in [0.25, 0.3) is 0 Å². The van der Waals surface area contributed by atoms with E-state index in [2.05, 4.69) is 9.97 Å². The summed E-state index contributed by atoms with van der Waals surface area (Å²) in [5.41, 5.74) is 5.56. The Morgan fingerprint density at radius 2 is 2.12 bits per heavy atom. The van der Waals surface area contributed by atoms with Gasteiger partial charge in [-0.2, -0.15) is 0 Å². The molecule has 1 aromatic heterocycles. The van der Waals surface area contributed by atoms with Crippen LogP contribution in [0.15, 0.2) is 12.4 Å². The first-order valence-corrected chi connectivity index (χ1v) is 5.55. The van der Waals surface area contributed by atoms with Crippen molar-refractivity contribution in [2.24, 2.45) is 0 Å². The predicted octanol–water partition coefficient (Wildman–Crippen LogP) is 1.40. The van der Waals surface area contributed by atoms with Crippen molar-refractivity contribution in [3.8, 4) is 5.88 Å². The summed E-state index contributed by atoms with van der Waals surface area (Å²) >= 11 is 0. The number of rotatable bonds is 3. The minimum Gasteiger partial charge on any atom is -0.474 e. The Hall–Kier alpha value is -1.36. The van der Waals surface area contributed by atoms with Gasteiger partial charge in [0.1, 0.15) is 18.2 Å². The van der Waals surface area contributed by atoms with Crippen LogP contribution in [0.5, 0.6) is 5.88 Å². The molecule has 2 N–H and O–H groups in total. The summed E-state index contributed by atoms with van der Waals surface area (Å²) in [5, 5.41) is 0. The van der Waals surface area contributed by atoms with Crippen molar-refractivity contribution in [3.05, 3.63) is 12.4 Å². The van der Waals surface area contributed by atoms with Crippen LogP contribution < -0.4 is 10.5 Å². The van der Waals surface area contributed by atoms with Gasteiger partial charge in [-0.25, -0.2) is 9.97 Å². The van der Waals surface area contributed by atoms with Gasteiger partial charge >= 0.3 is 0 Å². The highest BCUT2D eigenvalue weighted by molar-refractivity contribution is 5.30. The maximum absolute atomic E-state index is 5.76. The van der Waals surface area contributed by atoms with Gasteiger partial charge in [-0.3, -0.25) is 0 Å². The molecule has 5 nitrogen and oxygen atoms in total. The van der Waals surface area contributed by atoms with Gasteiger partial charge in [0.25, 0.3) is 0 Å². The quantitative estimate of drug-likeness (QED) is 0.838. The van der Waals surface area contributed by atoms with Crippen LogP contribution in [0.2, 0.25) is 0 Å². The van der Waals surface area contributed by atoms with Crippen molar-refractivity contribution < 1.29 is 9.47 Å². The highest BCUT2D eigenvalue weighted by Crippen LogP contribution is 2.24. The molecule has 16 heavy (non-hydrogen) atoms. The highest BCUT2D eigenvalue weighted by Gasteiger charge is 2.23. The molecule has 1 saturated carbocycles. The van der Waals surface area contributed by atoms with Gasteiger partial charge in [0.15, 0.2) is 0 Å². The van der Waals surface area contributed by atoms with Crippen LogP contribution in [-0.4, -0.2) is 29.3 Å². The number of anilines is 1. The zero-order valence-corrected chi connectivity index (χ0v) is 9.43. The smallest absolute Gasteiger partial charge is 0.218 e. The molecule has 0 amide bonds. The van der Waals surface area contributed by atoms with E-state index in [4.69, 9.17) is 15.2 Å². The average Bonchev–Trinajstić information content (AvgIpc) is 2.29. The fourth-order valence-corrected chi connectivity index (χ4v) is 2.01. The van der Waals surface area contributed by atoms with Gasteiger partial charge in [0.05, 0.1) is 6.10 Å². The van der Waals surface area contributed by atoms with E-state index in [1.54, 1.807) is 13.2 Å². The third-order valence-electron chi connectivity index (χ3n) is 2.86. The number of aromatic nitrogens is 2. The molecule has 1 heterocycles. The molecule has 0 saturated heterocycles. The van der Waals surface area contributed by atoms with Gasteiger partial charge in [-0.15, -0.1) is 0 Å². The molecule has 2 atom stereocenters. The molecule has 1 aliphatic carbocycles. The Kier molecular flexibility index (Phi) is 3.56. The van der Waals surface area contributed by atoms with Crippen LogP contribution in [0, 0.1) is 0 Å². The van der Waals surface area contributed by atoms with Crippen molar-refractivity contribution in [3.63, 3.8) is 0 Å². The Morgan fingerprint density at radius 1 is 1.31 bits per heavy atom. The lowest BCUT2D eigenvalue weighted by Gasteiger charge is -2.28. The molecule has 2 unspecified atom stereocenters. The number of hydrogen-bond acceptors (Lipinski definition) is 5. The molecule has 0 aliphatic heterocycles. The lowest BCUT2D eigenvalue weighted by Crippen LogP contribution is -2.29. The van der Waals surface area contributed by atoms with Crippen molar-refractivity contribution in [1.82, 2.24) is 9.97 Å². The second-order valence-electron chi connectivity index (χ2n) is 4.05. The first kappa shape index (κ1) is 11.1. The molecule has 1 aliphatic rings. The summed E-state index contributed by atoms with van der Waals surface area (Å²) in [6.07, 6.45) is 6.10. The van der Waals surface area contributed by atoms with E-state index in [1.807, 2.05) is 0 Å². The molecule has 0 spiro atoms. The van der Waals surface area contributed by atoms with Crippen molar-refractivity contribution in [2.45, 2.75) is 37.9 Å². The molecular weight excluding hydrogens is 206 g/mol. The zero-order chi connectivity index (χ0) is 11.4. The molecule has 0 bridgehead atoms. The maximum atomic E-state index is 5.76. The molecular formula is C11H17N3O2. The fraction of sp³-hybridized carbons (Fsp3) is 0.636. The second-order valence-corrected chi connectivity index (χ2v) is 4.05. The molecule has 88 valence electrons. The van der Waals surface area contributed by atoms with E-state index >= 15 is 0 Å². The Morgan fingerprint density at radius 3 is 2.88 bits per heavy atom. The Balaban J connectivity index is 1.94. The van der Waals surface area contributed by atoms with Gasteiger partial charge < -0.3 is 15.2 Å². The predicted molar refractivity (Wildman–Crippen MR) is 60.1 cm³/mol. The minimum atomic E-state index is 0.174. The number of nitrogens with two attached hydrogens (primary N) is 1. The van der Waals surface area contributed by atoms with E-state index in [0.717, 1.165) is 25.7 Å². The summed E-state index contributed by atoms with van der Waals surface area (Å²) in [5.74, 6) is 0.985. The van der Waals surface area contributed by atoms with Crippen molar-refractivity contribution in [1.29, 1.82) is 0 Å². The lowest BCUT2D eigenvalue weighted by atomic mass is 9.95. The van der Waals surface area contributed by atoms with Gasteiger partial charge in [0.2, 0.25) is 5.88 Å². The van der Waals surface area contributed by atoms with Gasteiger partial charge in [-0.1, -0.05) is 0 Å². The van der Waals surface area contributed by atoms with Gasteiger partial charge in [0, 0.05) is 19.6 Å². The van der Waals surface area contributed by atoms with E-state index in [-0.39, 0.29) is 6.10 Å². The fourth-order valence-electron chi connectivity index (χ4n) is 2.01. The van der Waals surface area contributed by atoms with E-state index in [1.165, 1.54) is 6.33 Å².